The normalized spacial score (nSPS) is 10.2. The third-order valence-corrected chi connectivity index (χ3v) is 3.57. The van der Waals surface area contributed by atoms with E-state index in [9.17, 15) is 4.79 Å². The Morgan fingerprint density at radius 1 is 0.826 bits per heavy atom. The molecular formula is C17H19Cl2N3O. The van der Waals surface area contributed by atoms with Crippen molar-refractivity contribution in [3.8, 4) is 0 Å². The van der Waals surface area contributed by atoms with Gasteiger partial charge in [0, 0.05) is 41.9 Å². The van der Waals surface area contributed by atoms with Gasteiger partial charge in [-0.3, -0.25) is 0 Å². The number of hydrogen-bond donors (Lipinski definition) is 2. The predicted molar refractivity (Wildman–Crippen MR) is 99.2 cm³/mol. The molecule has 122 valence electrons. The van der Waals surface area contributed by atoms with Crippen molar-refractivity contribution in [2.24, 2.45) is 0 Å². The van der Waals surface area contributed by atoms with Crippen molar-refractivity contribution in [1.82, 2.24) is 0 Å². The molecule has 0 radical (unpaired) electrons. The van der Waals surface area contributed by atoms with Gasteiger partial charge in [0.05, 0.1) is 0 Å². The Morgan fingerprint density at radius 2 is 1.35 bits per heavy atom. The average Bonchev–Trinajstić information content (AvgIpc) is 2.56. The van der Waals surface area contributed by atoms with Crippen LogP contribution in [0.15, 0.2) is 54.6 Å². The minimum absolute atomic E-state index is 0.276. The molecule has 0 aliphatic rings. The first kappa shape index (κ1) is 17.4. The summed E-state index contributed by atoms with van der Waals surface area (Å²) < 4.78 is 0. The molecule has 2 N–H and O–H groups in total. The summed E-state index contributed by atoms with van der Waals surface area (Å²) in [4.78, 5) is 14.0. The number of para-hydroxylation sites is 1. The second kappa shape index (κ2) is 9.28. The highest BCUT2D eigenvalue weighted by atomic mass is 35.5. The van der Waals surface area contributed by atoms with Crippen LogP contribution in [0.3, 0.4) is 0 Å². The monoisotopic (exact) mass is 351 g/mol. The van der Waals surface area contributed by atoms with Gasteiger partial charge in [-0.25, -0.2) is 4.79 Å². The minimum atomic E-state index is -0.276. The number of amides is 2. The number of halogens is 2. The molecule has 0 bridgehead atoms. The molecule has 2 amide bonds. The van der Waals surface area contributed by atoms with Gasteiger partial charge in [-0.05, 0) is 36.4 Å². The third-order valence-electron chi connectivity index (χ3n) is 3.23. The maximum atomic E-state index is 11.9. The van der Waals surface area contributed by atoms with Gasteiger partial charge in [0.2, 0.25) is 0 Å². The largest absolute Gasteiger partial charge is 0.369 e. The Labute approximate surface area is 146 Å². The Balaban J connectivity index is 1.95. The van der Waals surface area contributed by atoms with E-state index in [0.29, 0.717) is 11.8 Å². The van der Waals surface area contributed by atoms with E-state index >= 15 is 0 Å². The van der Waals surface area contributed by atoms with Crippen LogP contribution in [-0.4, -0.2) is 30.9 Å². The molecular weight excluding hydrogens is 333 g/mol. The second-order valence-corrected chi connectivity index (χ2v) is 5.61. The SMILES string of the molecule is O=C(Nc1ccccc1)Nc1ccc(N(CCCl)CCCl)cc1. The lowest BCUT2D eigenvalue weighted by Crippen LogP contribution is -2.27. The average molecular weight is 352 g/mol. The molecule has 0 atom stereocenters. The zero-order chi connectivity index (χ0) is 16.5. The molecule has 6 heteroatoms. The van der Waals surface area contributed by atoms with Crippen molar-refractivity contribution in [2.75, 3.05) is 40.4 Å². The Bertz CT molecular complexity index is 599. The van der Waals surface area contributed by atoms with Crippen LogP contribution < -0.4 is 15.5 Å². The summed E-state index contributed by atoms with van der Waals surface area (Å²) >= 11 is 11.6. The van der Waals surface area contributed by atoms with Gasteiger partial charge in [-0.2, -0.15) is 0 Å². The van der Waals surface area contributed by atoms with Crippen molar-refractivity contribution in [3.63, 3.8) is 0 Å². The summed E-state index contributed by atoms with van der Waals surface area (Å²) in [5.41, 5.74) is 2.50. The Morgan fingerprint density at radius 3 is 1.87 bits per heavy atom. The fourth-order valence-corrected chi connectivity index (χ4v) is 2.55. The van der Waals surface area contributed by atoms with Crippen LogP contribution in [0.1, 0.15) is 0 Å². The quantitative estimate of drug-likeness (QED) is 0.715. The van der Waals surface area contributed by atoms with E-state index in [1.54, 1.807) is 0 Å². The molecule has 0 saturated heterocycles. The number of nitrogens with zero attached hydrogens (tertiary/aromatic N) is 1. The topological polar surface area (TPSA) is 44.4 Å². The number of anilines is 3. The van der Waals surface area contributed by atoms with Crippen LogP contribution >= 0.6 is 23.2 Å². The van der Waals surface area contributed by atoms with Crippen LogP contribution in [0.25, 0.3) is 0 Å². The standard InChI is InChI=1S/C17H19Cl2N3O/c18-10-12-22(13-11-19)16-8-6-15(7-9-16)21-17(23)20-14-4-2-1-3-5-14/h1-9H,10-13H2,(H2,20,21,23). The summed E-state index contributed by atoms with van der Waals surface area (Å²) in [5, 5.41) is 5.57. The molecule has 2 aromatic rings. The van der Waals surface area contributed by atoms with Crippen molar-refractivity contribution in [2.45, 2.75) is 0 Å². The molecule has 0 aliphatic heterocycles. The number of hydrogen-bond acceptors (Lipinski definition) is 2. The van der Waals surface area contributed by atoms with E-state index in [2.05, 4.69) is 15.5 Å². The van der Waals surface area contributed by atoms with Crippen LogP contribution in [0.4, 0.5) is 21.9 Å². The maximum Gasteiger partial charge on any atom is 0.323 e. The van der Waals surface area contributed by atoms with Gasteiger partial charge in [0.1, 0.15) is 0 Å². The molecule has 0 unspecified atom stereocenters. The summed E-state index contributed by atoms with van der Waals surface area (Å²) in [5.74, 6) is 1.08. The number of benzene rings is 2. The molecule has 4 nitrogen and oxygen atoms in total. The molecule has 2 rings (SSSR count). The first-order valence-electron chi connectivity index (χ1n) is 7.33. The number of nitrogens with one attached hydrogen (secondary N) is 2. The molecule has 0 aliphatic carbocycles. The van der Waals surface area contributed by atoms with E-state index in [1.807, 2.05) is 54.6 Å². The van der Waals surface area contributed by atoms with Gasteiger partial charge < -0.3 is 15.5 Å². The lowest BCUT2D eigenvalue weighted by atomic mass is 10.2. The van der Waals surface area contributed by atoms with Gasteiger partial charge in [-0.15, -0.1) is 23.2 Å². The number of carbonyl (C=O) groups excluding carboxylic acids is 1. The van der Waals surface area contributed by atoms with E-state index < -0.39 is 0 Å². The molecule has 0 heterocycles. The zero-order valence-corrected chi connectivity index (χ0v) is 14.1. The smallest absolute Gasteiger partial charge is 0.323 e. The second-order valence-electron chi connectivity index (χ2n) is 4.86. The predicted octanol–water partition coefficient (Wildman–Crippen LogP) is 4.61. The minimum Gasteiger partial charge on any atom is -0.369 e. The number of carbonyl (C=O) groups is 1. The lowest BCUT2D eigenvalue weighted by Gasteiger charge is -2.23. The number of rotatable bonds is 7. The maximum absolute atomic E-state index is 11.9. The van der Waals surface area contributed by atoms with Gasteiger partial charge in [-0.1, -0.05) is 18.2 Å². The van der Waals surface area contributed by atoms with Gasteiger partial charge in [0.15, 0.2) is 0 Å². The van der Waals surface area contributed by atoms with Crippen LogP contribution in [-0.2, 0) is 0 Å². The Hall–Kier alpha value is -1.91. The van der Waals surface area contributed by atoms with E-state index in [1.165, 1.54) is 0 Å². The molecule has 0 spiro atoms. The summed E-state index contributed by atoms with van der Waals surface area (Å²) in [6.07, 6.45) is 0. The Kier molecular flexibility index (Phi) is 7.04. The van der Waals surface area contributed by atoms with Crippen LogP contribution in [0.5, 0.6) is 0 Å². The molecule has 0 fully saturated rings. The van der Waals surface area contributed by atoms with E-state index in [-0.39, 0.29) is 6.03 Å². The van der Waals surface area contributed by atoms with Gasteiger partial charge in [0.25, 0.3) is 0 Å². The van der Waals surface area contributed by atoms with Gasteiger partial charge >= 0.3 is 6.03 Å². The highest BCUT2D eigenvalue weighted by Crippen LogP contribution is 2.18. The summed E-state index contributed by atoms with van der Waals surface area (Å²) in [7, 11) is 0. The van der Waals surface area contributed by atoms with Crippen molar-refractivity contribution < 1.29 is 4.79 Å². The van der Waals surface area contributed by atoms with E-state index in [4.69, 9.17) is 23.2 Å². The van der Waals surface area contributed by atoms with Crippen molar-refractivity contribution in [3.05, 3.63) is 54.6 Å². The number of alkyl halides is 2. The molecule has 0 saturated carbocycles. The van der Waals surface area contributed by atoms with E-state index in [0.717, 1.165) is 30.2 Å². The van der Waals surface area contributed by atoms with Crippen LogP contribution in [0.2, 0.25) is 0 Å². The lowest BCUT2D eigenvalue weighted by molar-refractivity contribution is 0.262. The molecule has 2 aromatic carbocycles. The number of urea groups is 1. The fraction of sp³-hybridized carbons (Fsp3) is 0.235. The third kappa shape index (κ3) is 5.66. The summed E-state index contributed by atoms with van der Waals surface area (Å²) in [6, 6.07) is 16.6. The van der Waals surface area contributed by atoms with Crippen molar-refractivity contribution in [1.29, 1.82) is 0 Å². The first-order chi connectivity index (χ1) is 11.2. The fourth-order valence-electron chi connectivity index (χ4n) is 2.14. The van der Waals surface area contributed by atoms with Crippen molar-refractivity contribution >= 4 is 46.3 Å². The first-order valence-corrected chi connectivity index (χ1v) is 8.40. The van der Waals surface area contributed by atoms with Crippen LogP contribution in [0, 0.1) is 0 Å². The molecule has 23 heavy (non-hydrogen) atoms. The highest BCUT2D eigenvalue weighted by Gasteiger charge is 2.06. The zero-order valence-electron chi connectivity index (χ0n) is 12.6. The molecule has 0 aromatic heterocycles. The highest BCUT2D eigenvalue weighted by molar-refractivity contribution is 6.18. The summed E-state index contributed by atoms with van der Waals surface area (Å²) in [6.45, 7) is 1.46.